The number of carbonyl (C=O) groups is 1. The molecule has 112 valence electrons. The maximum absolute atomic E-state index is 12.0. The van der Waals surface area contributed by atoms with Gasteiger partial charge < -0.3 is 5.11 Å². The van der Waals surface area contributed by atoms with Gasteiger partial charge in [-0.15, -0.1) is 0 Å². The number of hydrogen-bond donors (Lipinski definition) is 2. The summed E-state index contributed by atoms with van der Waals surface area (Å²) < 4.78 is 48.6. The van der Waals surface area contributed by atoms with E-state index in [1.54, 1.807) is 0 Å². The third kappa shape index (κ3) is 4.73. The van der Waals surface area contributed by atoms with Gasteiger partial charge >= 0.3 is 5.97 Å². The smallest absolute Gasteiger partial charge is 0.321 e. The normalized spacial score (nSPS) is 24.2. The van der Waals surface area contributed by atoms with Crippen LogP contribution in [-0.2, 0) is 24.7 Å². The van der Waals surface area contributed by atoms with Gasteiger partial charge in [-0.25, -0.2) is 21.6 Å². The molecule has 0 aromatic heterocycles. The minimum atomic E-state index is -3.92. The highest BCUT2D eigenvalue weighted by atomic mass is 32.2. The van der Waals surface area contributed by atoms with Crippen molar-refractivity contribution in [1.82, 2.24) is 4.72 Å². The Morgan fingerprint density at radius 3 is 2.53 bits per heavy atom. The van der Waals surface area contributed by atoms with Crippen LogP contribution in [0.4, 0.5) is 0 Å². The maximum Gasteiger partial charge on any atom is 0.321 e. The molecule has 1 aliphatic heterocycles. The predicted octanol–water partition coefficient (Wildman–Crippen LogP) is -0.264. The van der Waals surface area contributed by atoms with Crippen LogP contribution in [0, 0.1) is 0 Å². The maximum atomic E-state index is 12.0. The molecule has 1 fully saturated rings. The molecule has 1 heterocycles. The van der Waals surface area contributed by atoms with E-state index in [-0.39, 0.29) is 18.6 Å². The van der Waals surface area contributed by atoms with Crippen molar-refractivity contribution >= 4 is 25.8 Å². The summed E-state index contributed by atoms with van der Waals surface area (Å²) in [5.41, 5.74) is 0. The summed E-state index contributed by atoms with van der Waals surface area (Å²) in [7, 11) is -7.23. The first kappa shape index (κ1) is 16.4. The lowest BCUT2D eigenvalue weighted by Crippen LogP contribution is -2.45. The molecule has 1 rings (SSSR count). The Bertz CT molecular complexity index is 524. The molecule has 1 aliphatic rings. The number of nitrogens with one attached hydrogen (secondary N) is 1. The Morgan fingerprint density at radius 1 is 1.47 bits per heavy atom. The van der Waals surface area contributed by atoms with Crippen molar-refractivity contribution in [3.05, 3.63) is 0 Å². The van der Waals surface area contributed by atoms with E-state index in [0.717, 1.165) is 6.42 Å². The van der Waals surface area contributed by atoms with Crippen molar-refractivity contribution in [3.63, 3.8) is 0 Å². The van der Waals surface area contributed by atoms with Crippen LogP contribution in [0.5, 0.6) is 0 Å². The summed E-state index contributed by atoms with van der Waals surface area (Å²) in [6.45, 7) is 1.87. The minimum Gasteiger partial charge on any atom is -0.480 e. The molecular weight excluding hydrogens is 294 g/mol. The molecule has 2 N–H and O–H groups in total. The van der Waals surface area contributed by atoms with E-state index in [1.807, 2.05) is 6.92 Å². The molecule has 7 nitrogen and oxygen atoms in total. The van der Waals surface area contributed by atoms with Crippen LogP contribution in [0.2, 0.25) is 0 Å². The summed E-state index contributed by atoms with van der Waals surface area (Å²) in [4.78, 5) is 11.0. The van der Waals surface area contributed by atoms with Gasteiger partial charge in [-0.3, -0.25) is 4.79 Å². The quantitative estimate of drug-likeness (QED) is 0.668. The SMILES string of the molecule is CCCC[C@H](NS(=O)(=O)C1CCS(=O)(=O)C1)C(=O)O. The molecule has 2 atom stereocenters. The zero-order valence-electron chi connectivity index (χ0n) is 10.7. The van der Waals surface area contributed by atoms with Gasteiger partial charge in [0.25, 0.3) is 0 Å². The zero-order valence-corrected chi connectivity index (χ0v) is 12.3. The highest BCUT2D eigenvalue weighted by molar-refractivity contribution is 7.95. The Hall–Kier alpha value is -0.670. The van der Waals surface area contributed by atoms with Gasteiger partial charge in [0.2, 0.25) is 10.0 Å². The topological polar surface area (TPSA) is 118 Å². The standard InChI is InChI=1S/C10H19NO6S2/c1-2-3-4-9(10(12)13)11-19(16,17)8-5-6-18(14,15)7-8/h8-9,11H,2-7H2,1H3,(H,12,13)/t8?,9-/m0/s1. The summed E-state index contributed by atoms with van der Waals surface area (Å²) >= 11 is 0. The molecule has 9 heteroatoms. The molecular formula is C10H19NO6S2. The summed E-state index contributed by atoms with van der Waals surface area (Å²) in [5.74, 6) is -1.83. The van der Waals surface area contributed by atoms with Crippen LogP contribution in [0.1, 0.15) is 32.6 Å². The summed E-state index contributed by atoms with van der Waals surface area (Å²) in [5, 5.41) is 7.92. The van der Waals surface area contributed by atoms with Crippen molar-refractivity contribution in [1.29, 1.82) is 0 Å². The first-order valence-corrected chi connectivity index (χ1v) is 9.49. The van der Waals surface area contributed by atoms with E-state index in [1.165, 1.54) is 0 Å². The molecule has 0 aliphatic carbocycles. The highest BCUT2D eigenvalue weighted by Crippen LogP contribution is 2.19. The van der Waals surface area contributed by atoms with Gasteiger partial charge in [0.05, 0.1) is 16.8 Å². The third-order valence-electron chi connectivity index (χ3n) is 3.08. The molecule has 19 heavy (non-hydrogen) atoms. The highest BCUT2D eigenvalue weighted by Gasteiger charge is 2.38. The number of hydrogen-bond acceptors (Lipinski definition) is 5. The average molecular weight is 313 g/mol. The minimum absolute atomic E-state index is 0.0256. The van der Waals surface area contributed by atoms with E-state index >= 15 is 0 Å². The first-order chi connectivity index (χ1) is 8.68. The second-order valence-corrected chi connectivity index (χ2v) is 8.94. The van der Waals surface area contributed by atoms with E-state index in [4.69, 9.17) is 5.11 Å². The fraction of sp³-hybridized carbons (Fsp3) is 0.900. The number of carboxylic acids is 1. The van der Waals surface area contributed by atoms with Crippen molar-refractivity contribution in [2.24, 2.45) is 0 Å². The van der Waals surface area contributed by atoms with Gasteiger partial charge in [0, 0.05) is 0 Å². The van der Waals surface area contributed by atoms with Crippen LogP contribution >= 0.6 is 0 Å². The van der Waals surface area contributed by atoms with Crippen LogP contribution in [0.15, 0.2) is 0 Å². The number of rotatable bonds is 7. The van der Waals surface area contributed by atoms with Crippen molar-refractivity contribution in [2.75, 3.05) is 11.5 Å². The molecule has 0 aromatic rings. The molecule has 1 saturated heterocycles. The van der Waals surface area contributed by atoms with Gasteiger partial charge in [-0.2, -0.15) is 0 Å². The Kier molecular flexibility index (Phi) is 5.34. The summed E-state index contributed by atoms with van der Waals surface area (Å²) in [6.07, 6.45) is 1.56. The van der Waals surface area contributed by atoms with Crippen molar-refractivity contribution in [2.45, 2.75) is 43.9 Å². The molecule has 0 saturated carbocycles. The monoisotopic (exact) mass is 313 g/mol. The molecule has 1 unspecified atom stereocenters. The van der Waals surface area contributed by atoms with Gasteiger partial charge in [0.15, 0.2) is 9.84 Å². The number of unbranched alkanes of at least 4 members (excludes halogenated alkanes) is 1. The van der Waals surface area contributed by atoms with E-state index in [0.29, 0.717) is 6.42 Å². The fourth-order valence-corrected chi connectivity index (χ4v) is 6.21. The lowest BCUT2D eigenvalue weighted by atomic mass is 10.1. The van der Waals surface area contributed by atoms with Crippen LogP contribution in [-0.4, -0.2) is 50.7 Å². The Balaban J connectivity index is 2.75. The van der Waals surface area contributed by atoms with Gasteiger partial charge in [-0.05, 0) is 12.8 Å². The van der Waals surface area contributed by atoms with Crippen LogP contribution < -0.4 is 4.72 Å². The Labute approximate surface area is 113 Å². The third-order valence-corrected chi connectivity index (χ3v) is 6.95. The lowest BCUT2D eigenvalue weighted by Gasteiger charge is -2.17. The predicted molar refractivity (Wildman–Crippen MR) is 70.1 cm³/mol. The average Bonchev–Trinajstić information content (AvgIpc) is 2.65. The second kappa shape index (κ2) is 6.19. The fourth-order valence-electron chi connectivity index (χ4n) is 1.94. The van der Waals surface area contributed by atoms with Crippen molar-refractivity contribution < 1.29 is 26.7 Å². The summed E-state index contributed by atoms with van der Waals surface area (Å²) in [6, 6.07) is -1.19. The van der Waals surface area contributed by atoms with Crippen molar-refractivity contribution in [3.8, 4) is 0 Å². The molecule has 0 radical (unpaired) electrons. The number of sulfone groups is 1. The van der Waals surface area contributed by atoms with Crippen LogP contribution in [0.25, 0.3) is 0 Å². The number of sulfonamides is 1. The zero-order chi connectivity index (χ0) is 14.7. The lowest BCUT2D eigenvalue weighted by molar-refractivity contribution is -0.139. The van der Waals surface area contributed by atoms with Gasteiger partial charge in [-0.1, -0.05) is 19.8 Å². The molecule has 0 spiro atoms. The van der Waals surface area contributed by atoms with Crippen LogP contribution in [0.3, 0.4) is 0 Å². The molecule has 0 amide bonds. The van der Waals surface area contributed by atoms with E-state index in [2.05, 4.69) is 4.72 Å². The molecule has 0 aromatic carbocycles. The van der Waals surface area contributed by atoms with E-state index < -0.39 is 42.9 Å². The van der Waals surface area contributed by atoms with E-state index in [9.17, 15) is 21.6 Å². The Morgan fingerprint density at radius 2 is 2.11 bits per heavy atom. The second-order valence-electron chi connectivity index (χ2n) is 4.72. The first-order valence-electron chi connectivity index (χ1n) is 6.12. The number of aliphatic carboxylic acids is 1. The largest absolute Gasteiger partial charge is 0.480 e. The van der Waals surface area contributed by atoms with Gasteiger partial charge in [0.1, 0.15) is 6.04 Å². The molecule has 0 bridgehead atoms. The number of carboxylic acid groups (broad SMARTS) is 1.